The summed E-state index contributed by atoms with van der Waals surface area (Å²) in [6.45, 7) is 5.96. The Morgan fingerprint density at radius 1 is 1.54 bits per heavy atom. The van der Waals surface area contributed by atoms with Gasteiger partial charge in [-0.1, -0.05) is 13.8 Å². The zero-order chi connectivity index (χ0) is 10.0. The van der Waals surface area contributed by atoms with Gasteiger partial charge in [0.25, 0.3) is 0 Å². The zero-order valence-corrected chi connectivity index (χ0v) is 8.37. The van der Waals surface area contributed by atoms with Crippen LogP contribution in [0.3, 0.4) is 0 Å². The summed E-state index contributed by atoms with van der Waals surface area (Å²) in [7, 11) is 0. The van der Waals surface area contributed by atoms with E-state index in [0.717, 1.165) is 6.42 Å². The first-order valence-electron chi connectivity index (χ1n) is 4.76. The van der Waals surface area contributed by atoms with Gasteiger partial charge in [0.2, 0.25) is 5.91 Å². The lowest BCUT2D eigenvalue weighted by Crippen LogP contribution is -2.33. The highest BCUT2D eigenvalue weighted by atomic mass is 16.2. The Morgan fingerprint density at radius 2 is 2.15 bits per heavy atom. The molecule has 0 spiro atoms. The van der Waals surface area contributed by atoms with Gasteiger partial charge in [-0.2, -0.15) is 5.26 Å². The van der Waals surface area contributed by atoms with Crippen molar-refractivity contribution in [3.05, 3.63) is 0 Å². The van der Waals surface area contributed by atoms with Gasteiger partial charge in [-0.3, -0.25) is 4.79 Å². The summed E-state index contributed by atoms with van der Waals surface area (Å²) in [6, 6.07) is 1.63. The number of rotatable bonds is 3. The third kappa shape index (κ3) is 2.45. The largest absolute Gasteiger partial charge is 0.340 e. The van der Waals surface area contributed by atoms with Crippen molar-refractivity contribution in [2.24, 2.45) is 17.8 Å². The van der Waals surface area contributed by atoms with E-state index in [9.17, 15) is 4.79 Å². The lowest BCUT2D eigenvalue weighted by Gasteiger charge is -2.06. The van der Waals surface area contributed by atoms with Crippen LogP contribution in [0.5, 0.6) is 0 Å². The molecule has 0 aliphatic heterocycles. The maximum absolute atomic E-state index is 11.4. The maximum Gasteiger partial charge on any atom is 0.224 e. The minimum atomic E-state index is -0.360. The Labute approximate surface area is 79.1 Å². The molecule has 1 aliphatic carbocycles. The molecule has 0 saturated heterocycles. The number of nitrogens with one attached hydrogen (secondary N) is 1. The molecule has 0 bridgehead atoms. The Morgan fingerprint density at radius 3 is 2.54 bits per heavy atom. The Kier molecular flexibility index (Phi) is 2.92. The van der Waals surface area contributed by atoms with Crippen LogP contribution in [0, 0.1) is 29.1 Å². The van der Waals surface area contributed by atoms with Crippen molar-refractivity contribution < 1.29 is 4.79 Å². The van der Waals surface area contributed by atoms with Crippen LogP contribution in [-0.4, -0.2) is 11.9 Å². The molecule has 1 aliphatic rings. The van der Waals surface area contributed by atoms with E-state index in [-0.39, 0.29) is 17.9 Å². The van der Waals surface area contributed by atoms with Gasteiger partial charge in [-0.15, -0.1) is 0 Å². The Hall–Kier alpha value is -1.04. The molecule has 72 valence electrons. The summed E-state index contributed by atoms with van der Waals surface area (Å²) in [5.41, 5.74) is 0. The molecule has 1 N–H and O–H groups in total. The second-order valence-electron chi connectivity index (χ2n) is 4.11. The molecule has 3 nitrogen and oxygen atoms in total. The molecule has 0 radical (unpaired) electrons. The van der Waals surface area contributed by atoms with Crippen LogP contribution < -0.4 is 5.32 Å². The Balaban J connectivity index is 2.32. The molecule has 0 heterocycles. The van der Waals surface area contributed by atoms with Crippen molar-refractivity contribution in [1.29, 1.82) is 5.26 Å². The van der Waals surface area contributed by atoms with E-state index in [1.807, 2.05) is 6.07 Å². The molecule has 3 atom stereocenters. The van der Waals surface area contributed by atoms with Gasteiger partial charge in [-0.05, 0) is 25.2 Å². The van der Waals surface area contributed by atoms with Gasteiger partial charge in [-0.25, -0.2) is 0 Å². The van der Waals surface area contributed by atoms with Crippen LogP contribution in [0.4, 0.5) is 0 Å². The molecule has 3 heteroatoms. The van der Waals surface area contributed by atoms with Crippen LogP contribution in [-0.2, 0) is 4.79 Å². The third-order valence-electron chi connectivity index (χ3n) is 2.59. The highest BCUT2D eigenvalue weighted by Crippen LogP contribution is 2.44. The molecular weight excluding hydrogens is 164 g/mol. The number of hydrogen-bond donors (Lipinski definition) is 1. The molecule has 1 saturated carbocycles. The molecule has 0 aromatic rings. The van der Waals surface area contributed by atoms with Gasteiger partial charge in [0, 0.05) is 5.92 Å². The quantitative estimate of drug-likeness (QED) is 0.711. The number of amides is 1. The van der Waals surface area contributed by atoms with E-state index in [1.54, 1.807) is 6.92 Å². The van der Waals surface area contributed by atoms with E-state index >= 15 is 0 Å². The fourth-order valence-corrected chi connectivity index (χ4v) is 1.61. The molecule has 2 unspecified atom stereocenters. The predicted octanol–water partition coefficient (Wildman–Crippen LogP) is 1.31. The van der Waals surface area contributed by atoms with Gasteiger partial charge < -0.3 is 5.32 Å². The number of carbonyl (C=O) groups excluding carboxylic acids is 1. The van der Waals surface area contributed by atoms with Crippen molar-refractivity contribution in [1.82, 2.24) is 5.32 Å². The standard InChI is InChI=1S/C10H16N2O/c1-6(2)8-4-9(8)10(13)12-7(3)5-11/h6-9H,4H2,1-3H3,(H,12,13)/t7-,8?,9?/m1/s1. The summed E-state index contributed by atoms with van der Waals surface area (Å²) < 4.78 is 0. The van der Waals surface area contributed by atoms with E-state index in [2.05, 4.69) is 19.2 Å². The van der Waals surface area contributed by atoms with E-state index in [4.69, 9.17) is 5.26 Å². The van der Waals surface area contributed by atoms with Crippen LogP contribution in [0.25, 0.3) is 0 Å². The molecule has 13 heavy (non-hydrogen) atoms. The summed E-state index contributed by atoms with van der Waals surface area (Å²) in [5, 5.41) is 11.2. The molecule has 1 amide bonds. The number of carbonyl (C=O) groups is 1. The van der Waals surface area contributed by atoms with Crippen molar-refractivity contribution in [3.63, 3.8) is 0 Å². The first-order chi connectivity index (χ1) is 6.06. The maximum atomic E-state index is 11.4. The summed E-state index contributed by atoms with van der Waals surface area (Å²) in [6.07, 6.45) is 0.988. The van der Waals surface area contributed by atoms with Gasteiger partial charge in [0.1, 0.15) is 6.04 Å². The van der Waals surface area contributed by atoms with Crippen molar-refractivity contribution in [2.45, 2.75) is 33.2 Å². The number of nitrogens with zero attached hydrogens (tertiary/aromatic N) is 1. The second kappa shape index (κ2) is 3.78. The van der Waals surface area contributed by atoms with Crippen LogP contribution in [0.1, 0.15) is 27.2 Å². The SMILES string of the molecule is CC(C)C1CC1C(=O)N[C@H](C)C#N. The van der Waals surface area contributed by atoms with Crippen molar-refractivity contribution in [2.75, 3.05) is 0 Å². The lowest BCUT2D eigenvalue weighted by atomic mass is 10.1. The van der Waals surface area contributed by atoms with Crippen molar-refractivity contribution in [3.8, 4) is 6.07 Å². The monoisotopic (exact) mass is 180 g/mol. The second-order valence-corrected chi connectivity index (χ2v) is 4.11. The summed E-state index contributed by atoms with van der Waals surface area (Å²) >= 11 is 0. The minimum absolute atomic E-state index is 0.0488. The first-order valence-corrected chi connectivity index (χ1v) is 4.76. The normalized spacial score (nSPS) is 27.9. The van der Waals surface area contributed by atoms with Gasteiger partial charge in [0.15, 0.2) is 0 Å². The number of nitriles is 1. The van der Waals surface area contributed by atoms with E-state index in [0.29, 0.717) is 11.8 Å². The topological polar surface area (TPSA) is 52.9 Å². The van der Waals surface area contributed by atoms with Crippen LogP contribution in [0.15, 0.2) is 0 Å². The van der Waals surface area contributed by atoms with Crippen LogP contribution >= 0.6 is 0 Å². The zero-order valence-electron chi connectivity index (χ0n) is 8.37. The molecule has 0 aromatic heterocycles. The smallest absolute Gasteiger partial charge is 0.224 e. The lowest BCUT2D eigenvalue weighted by molar-refractivity contribution is -0.123. The minimum Gasteiger partial charge on any atom is -0.340 e. The van der Waals surface area contributed by atoms with Gasteiger partial charge >= 0.3 is 0 Å². The number of hydrogen-bond acceptors (Lipinski definition) is 2. The highest BCUT2D eigenvalue weighted by Gasteiger charge is 2.44. The highest BCUT2D eigenvalue weighted by molar-refractivity contribution is 5.82. The third-order valence-corrected chi connectivity index (χ3v) is 2.59. The summed E-state index contributed by atoms with van der Waals surface area (Å²) in [5.74, 6) is 1.32. The van der Waals surface area contributed by atoms with Crippen LogP contribution in [0.2, 0.25) is 0 Å². The van der Waals surface area contributed by atoms with E-state index in [1.165, 1.54) is 0 Å². The molecule has 1 rings (SSSR count). The Bertz CT molecular complexity index is 242. The van der Waals surface area contributed by atoms with Crippen molar-refractivity contribution >= 4 is 5.91 Å². The summed E-state index contributed by atoms with van der Waals surface area (Å²) in [4.78, 5) is 11.4. The average molecular weight is 180 g/mol. The first kappa shape index (κ1) is 10.0. The fourth-order valence-electron chi connectivity index (χ4n) is 1.61. The van der Waals surface area contributed by atoms with Gasteiger partial charge in [0.05, 0.1) is 6.07 Å². The molecular formula is C10H16N2O. The average Bonchev–Trinajstić information content (AvgIpc) is 2.82. The molecule has 1 fully saturated rings. The predicted molar refractivity (Wildman–Crippen MR) is 49.7 cm³/mol. The fraction of sp³-hybridized carbons (Fsp3) is 0.800. The van der Waals surface area contributed by atoms with E-state index < -0.39 is 0 Å². The molecule has 0 aromatic carbocycles.